The Morgan fingerprint density at radius 1 is 0.929 bits per heavy atom. The maximum atomic E-state index is 13.3. The summed E-state index contributed by atoms with van der Waals surface area (Å²) in [6.45, 7) is 0. The molecule has 0 bridgehead atoms. The highest BCUT2D eigenvalue weighted by Crippen LogP contribution is 2.27. The van der Waals surface area contributed by atoms with Gasteiger partial charge in [-0.2, -0.15) is 0 Å². The minimum absolute atomic E-state index is 0.0537. The highest BCUT2D eigenvalue weighted by atomic mass is 32.2. The molecule has 8 heteroatoms. The number of carbonyl (C=O) groups is 1. The second-order valence-electron chi connectivity index (χ2n) is 7.02. The number of halogens is 2. The van der Waals surface area contributed by atoms with Crippen molar-refractivity contribution in [2.45, 2.75) is 43.4 Å². The molecule has 1 aliphatic carbocycles. The molecule has 1 amide bonds. The Morgan fingerprint density at radius 2 is 1.57 bits per heavy atom. The van der Waals surface area contributed by atoms with E-state index in [-0.39, 0.29) is 16.5 Å². The Kier molecular flexibility index (Phi) is 6.28. The number of benzene rings is 2. The first-order valence-corrected chi connectivity index (χ1v) is 10.7. The fourth-order valence-electron chi connectivity index (χ4n) is 3.35. The zero-order valence-electron chi connectivity index (χ0n) is 15.3. The quantitative estimate of drug-likeness (QED) is 0.729. The van der Waals surface area contributed by atoms with Gasteiger partial charge in [-0.3, -0.25) is 9.52 Å². The van der Waals surface area contributed by atoms with Crippen LogP contribution in [0.15, 0.2) is 47.4 Å². The molecular weight excluding hydrogens is 386 g/mol. The summed E-state index contributed by atoms with van der Waals surface area (Å²) < 4.78 is 53.1. The molecule has 0 radical (unpaired) electrons. The summed E-state index contributed by atoms with van der Waals surface area (Å²) in [6.07, 6.45) is 6.23. The van der Waals surface area contributed by atoms with Crippen LogP contribution in [0.3, 0.4) is 0 Å². The summed E-state index contributed by atoms with van der Waals surface area (Å²) in [6, 6.07) is 8.53. The van der Waals surface area contributed by atoms with Crippen LogP contribution < -0.4 is 10.0 Å². The lowest BCUT2D eigenvalue weighted by atomic mass is 9.87. The Balaban J connectivity index is 1.60. The molecule has 0 aromatic heterocycles. The van der Waals surface area contributed by atoms with Gasteiger partial charge < -0.3 is 5.32 Å². The van der Waals surface area contributed by atoms with Crippen LogP contribution in [0.2, 0.25) is 0 Å². The van der Waals surface area contributed by atoms with E-state index in [4.69, 9.17) is 0 Å². The molecule has 2 aromatic carbocycles. The predicted molar refractivity (Wildman–Crippen MR) is 103 cm³/mol. The molecule has 0 spiro atoms. The van der Waals surface area contributed by atoms with Crippen molar-refractivity contribution in [3.63, 3.8) is 0 Å². The van der Waals surface area contributed by atoms with Crippen LogP contribution in [0.5, 0.6) is 0 Å². The van der Waals surface area contributed by atoms with Gasteiger partial charge in [-0.05, 0) is 61.2 Å². The van der Waals surface area contributed by atoms with E-state index in [9.17, 15) is 22.0 Å². The van der Waals surface area contributed by atoms with Crippen molar-refractivity contribution >= 4 is 27.3 Å². The Bertz CT molecular complexity index is 940. The fraction of sp³-hybridized carbons (Fsp3) is 0.350. The summed E-state index contributed by atoms with van der Waals surface area (Å²) in [5, 5.41) is 2.82. The van der Waals surface area contributed by atoms with Crippen molar-refractivity contribution in [1.29, 1.82) is 0 Å². The number of anilines is 2. The molecule has 1 saturated carbocycles. The maximum Gasteiger partial charge on any atom is 0.261 e. The molecule has 1 aliphatic rings. The van der Waals surface area contributed by atoms with Crippen LogP contribution in [0.25, 0.3) is 0 Å². The van der Waals surface area contributed by atoms with Crippen molar-refractivity contribution in [2.24, 2.45) is 5.92 Å². The molecule has 0 saturated heterocycles. The first kappa shape index (κ1) is 20.3. The van der Waals surface area contributed by atoms with Gasteiger partial charge in [-0.15, -0.1) is 0 Å². The van der Waals surface area contributed by atoms with Crippen LogP contribution in [0, 0.1) is 17.6 Å². The van der Waals surface area contributed by atoms with Gasteiger partial charge in [-0.25, -0.2) is 17.2 Å². The third-order valence-corrected chi connectivity index (χ3v) is 6.20. The maximum absolute atomic E-state index is 13.3. The first-order chi connectivity index (χ1) is 13.3. The minimum Gasteiger partial charge on any atom is -0.326 e. The monoisotopic (exact) mass is 408 g/mol. The van der Waals surface area contributed by atoms with Gasteiger partial charge in [0.1, 0.15) is 0 Å². The lowest BCUT2D eigenvalue weighted by molar-refractivity contribution is -0.117. The normalized spacial score (nSPS) is 15.2. The number of sulfonamides is 1. The van der Waals surface area contributed by atoms with Crippen molar-refractivity contribution in [3.8, 4) is 0 Å². The van der Waals surface area contributed by atoms with Gasteiger partial charge in [0.05, 0.1) is 4.90 Å². The molecule has 0 aliphatic heterocycles. The van der Waals surface area contributed by atoms with Crippen molar-refractivity contribution in [3.05, 3.63) is 54.1 Å². The summed E-state index contributed by atoms with van der Waals surface area (Å²) in [5.41, 5.74) is 0.812. The van der Waals surface area contributed by atoms with E-state index in [2.05, 4.69) is 10.0 Å². The van der Waals surface area contributed by atoms with E-state index in [1.54, 1.807) is 12.1 Å². The van der Waals surface area contributed by atoms with Gasteiger partial charge in [-0.1, -0.05) is 19.3 Å². The number of carbonyl (C=O) groups excluding carboxylic acids is 1. The molecule has 0 atom stereocenters. The van der Waals surface area contributed by atoms with Crippen LogP contribution in [0.4, 0.5) is 20.2 Å². The Labute approximate surface area is 163 Å². The predicted octanol–water partition coefficient (Wildman–Crippen LogP) is 4.67. The van der Waals surface area contributed by atoms with Crippen molar-refractivity contribution < 1.29 is 22.0 Å². The summed E-state index contributed by atoms with van der Waals surface area (Å²) in [7, 11) is -4.05. The van der Waals surface area contributed by atoms with Crippen molar-refractivity contribution in [2.75, 3.05) is 10.0 Å². The molecule has 2 N–H and O–H groups in total. The van der Waals surface area contributed by atoms with Gasteiger partial charge in [0, 0.05) is 17.8 Å². The van der Waals surface area contributed by atoms with E-state index in [0.29, 0.717) is 24.1 Å². The van der Waals surface area contributed by atoms with Crippen LogP contribution in [0.1, 0.15) is 38.5 Å². The average molecular weight is 408 g/mol. The summed E-state index contributed by atoms with van der Waals surface area (Å²) in [5.74, 6) is -1.98. The zero-order chi connectivity index (χ0) is 20.1. The molecule has 0 unspecified atom stereocenters. The number of amides is 1. The minimum atomic E-state index is -4.05. The molecule has 0 heterocycles. The van der Waals surface area contributed by atoms with E-state index < -0.39 is 21.7 Å². The molecule has 5 nitrogen and oxygen atoms in total. The Morgan fingerprint density at radius 3 is 2.21 bits per heavy atom. The highest BCUT2D eigenvalue weighted by molar-refractivity contribution is 7.92. The molecule has 150 valence electrons. The number of rotatable bonds is 6. The van der Waals surface area contributed by atoms with Gasteiger partial charge >= 0.3 is 0 Å². The summed E-state index contributed by atoms with van der Waals surface area (Å²) in [4.78, 5) is 11.8. The molecule has 2 aromatic rings. The lowest BCUT2D eigenvalue weighted by Crippen LogP contribution is -2.18. The van der Waals surface area contributed by atoms with E-state index in [1.165, 1.54) is 31.4 Å². The van der Waals surface area contributed by atoms with Crippen molar-refractivity contribution in [1.82, 2.24) is 0 Å². The second kappa shape index (κ2) is 8.68. The SMILES string of the molecule is O=C(CC1CCCCC1)Nc1ccc(NS(=O)(=O)c2ccc(F)c(F)c2)cc1. The molecular formula is C20H22F2N2O3S. The smallest absolute Gasteiger partial charge is 0.261 e. The largest absolute Gasteiger partial charge is 0.326 e. The average Bonchev–Trinajstić information content (AvgIpc) is 2.66. The second-order valence-corrected chi connectivity index (χ2v) is 8.70. The molecule has 28 heavy (non-hydrogen) atoms. The van der Waals surface area contributed by atoms with Crippen LogP contribution in [-0.4, -0.2) is 14.3 Å². The zero-order valence-corrected chi connectivity index (χ0v) is 16.1. The third-order valence-electron chi connectivity index (χ3n) is 4.82. The summed E-state index contributed by atoms with van der Waals surface area (Å²) >= 11 is 0. The fourth-order valence-corrected chi connectivity index (χ4v) is 4.42. The number of hydrogen-bond acceptors (Lipinski definition) is 3. The molecule has 3 rings (SSSR count). The first-order valence-electron chi connectivity index (χ1n) is 9.21. The topological polar surface area (TPSA) is 75.3 Å². The van der Waals surface area contributed by atoms with Gasteiger partial charge in [0.25, 0.3) is 10.0 Å². The highest BCUT2D eigenvalue weighted by Gasteiger charge is 2.18. The Hall–Kier alpha value is -2.48. The standard InChI is InChI=1S/C20H22F2N2O3S/c21-18-11-10-17(13-19(18)22)28(26,27)24-16-8-6-15(7-9-16)23-20(25)12-14-4-2-1-3-5-14/h6-11,13-14,24H,1-5,12H2,(H,23,25). The number of hydrogen-bond donors (Lipinski definition) is 2. The third kappa shape index (κ3) is 5.28. The van der Waals surface area contributed by atoms with Gasteiger partial charge in [0.2, 0.25) is 5.91 Å². The van der Waals surface area contributed by atoms with Crippen LogP contribution >= 0.6 is 0 Å². The molecule has 1 fully saturated rings. The van der Waals surface area contributed by atoms with Crippen LogP contribution in [-0.2, 0) is 14.8 Å². The van der Waals surface area contributed by atoms with E-state index >= 15 is 0 Å². The van der Waals surface area contributed by atoms with Gasteiger partial charge in [0.15, 0.2) is 11.6 Å². The number of nitrogens with one attached hydrogen (secondary N) is 2. The van der Waals surface area contributed by atoms with E-state index in [0.717, 1.165) is 25.0 Å². The lowest BCUT2D eigenvalue weighted by Gasteiger charge is -2.20. The van der Waals surface area contributed by atoms with E-state index in [1.807, 2.05) is 0 Å².